The maximum absolute atomic E-state index is 5.83. The molecule has 1 aliphatic rings. The number of rotatable bonds is 6. The highest BCUT2D eigenvalue weighted by Crippen LogP contribution is 2.20. The number of hydrogen-bond acceptors (Lipinski definition) is 5. The largest absolute Gasteiger partial charge is 0.418 e. The first kappa shape index (κ1) is 17.9. The first-order valence-corrected chi connectivity index (χ1v) is 9.58. The Morgan fingerprint density at radius 1 is 1.15 bits per heavy atom. The van der Waals surface area contributed by atoms with Crippen molar-refractivity contribution in [1.82, 2.24) is 25.0 Å². The molecule has 2 aromatic heterocycles. The Bertz CT molecular complexity index is 913. The van der Waals surface area contributed by atoms with Gasteiger partial charge in [-0.1, -0.05) is 24.3 Å². The molecule has 0 bridgehead atoms. The third-order valence-electron chi connectivity index (χ3n) is 5.40. The van der Waals surface area contributed by atoms with Crippen LogP contribution in [0.25, 0.3) is 11.6 Å². The van der Waals surface area contributed by atoms with Gasteiger partial charge in [-0.3, -0.25) is 4.90 Å². The average molecular weight is 365 g/mol. The summed E-state index contributed by atoms with van der Waals surface area (Å²) in [4.78, 5) is 2.51. The lowest BCUT2D eigenvalue weighted by Gasteiger charge is -2.31. The average Bonchev–Trinajstić information content (AvgIpc) is 3.27. The zero-order valence-electron chi connectivity index (χ0n) is 16.3. The van der Waals surface area contributed by atoms with Crippen LogP contribution in [0.2, 0.25) is 0 Å². The highest BCUT2D eigenvalue weighted by Gasteiger charge is 2.18. The standard InChI is InChI=1S/C21H27N5O/c1-15(13-26-11-10-17-6-4-5-7-18(17)14-26)22-12-20-23-24-21(27-20)19-9-8-16(2)25(19)3/h4-9,15,22H,10-14H2,1-3H3/t15-/m0/s1. The molecule has 1 atom stereocenters. The van der Waals surface area contributed by atoms with Gasteiger partial charge in [-0.15, -0.1) is 10.2 Å². The van der Waals surface area contributed by atoms with Crippen molar-refractivity contribution in [2.45, 2.75) is 39.4 Å². The van der Waals surface area contributed by atoms with E-state index in [4.69, 9.17) is 4.42 Å². The van der Waals surface area contributed by atoms with Crippen molar-refractivity contribution in [3.63, 3.8) is 0 Å². The quantitative estimate of drug-likeness (QED) is 0.728. The zero-order valence-corrected chi connectivity index (χ0v) is 16.3. The molecule has 0 aliphatic carbocycles. The maximum atomic E-state index is 5.83. The molecule has 0 saturated heterocycles. The number of hydrogen-bond donors (Lipinski definition) is 1. The molecule has 142 valence electrons. The molecule has 4 rings (SSSR count). The fourth-order valence-corrected chi connectivity index (χ4v) is 3.68. The van der Waals surface area contributed by atoms with Crippen molar-refractivity contribution >= 4 is 0 Å². The van der Waals surface area contributed by atoms with Gasteiger partial charge in [0.25, 0.3) is 5.89 Å². The van der Waals surface area contributed by atoms with Gasteiger partial charge in [-0.2, -0.15) is 0 Å². The van der Waals surface area contributed by atoms with Crippen molar-refractivity contribution in [3.05, 3.63) is 59.1 Å². The van der Waals surface area contributed by atoms with Gasteiger partial charge in [-0.05, 0) is 43.5 Å². The Hall–Kier alpha value is -2.44. The molecule has 0 saturated carbocycles. The van der Waals surface area contributed by atoms with Crippen LogP contribution in [-0.2, 0) is 26.6 Å². The van der Waals surface area contributed by atoms with Crippen molar-refractivity contribution in [2.75, 3.05) is 13.1 Å². The molecule has 0 radical (unpaired) electrons. The first-order valence-electron chi connectivity index (χ1n) is 9.58. The molecule has 6 heteroatoms. The predicted molar refractivity (Wildman–Crippen MR) is 105 cm³/mol. The third kappa shape index (κ3) is 3.96. The molecule has 1 N–H and O–H groups in total. The summed E-state index contributed by atoms with van der Waals surface area (Å²) in [6.45, 7) is 8.00. The van der Waals surface area contributed by atoms with E-state index in [1.807, 2.05) is 13.1 Å². The van der Waals surface area contributed by atoms with Crippen LogP contribution in [0, 0.1) is 6.92 Å². The van der Waals surface area contributed by atoms with Gasteiger partial charge in [0.15, 0.2) is 0 Å². The van der Waals surface area contributed by atoms with Crippen LogP contribution in [-0.4, -0.2) is 38.8 Å². The van der Waals surface area contributed by atoms with Crippen LogP contribution in [0.1, 0.15) is 29.6 Å². The SMILES string of the molecule is Cc1ccc(-c2nnc(CN[C@@H](C)CN3CCc4ccccc4C3)o2)n1C. The smallest absolute Gasteiger partial charge is 0.264 e. The second-order valence-corrected chi connectivity index (χ2v) is 7.46. The molecule has 0 unspecified atom stereocenters. The molecular formula is C21H27N5O. The van der Waals surface area contributed by atoms with Crippen LogP contribution >= 0.6 is 0 Å². The van der Waals surface area contributed by atoms with E-state index in [1.54, 1.807) is 0 Å². The molecule has 27 heavy (non-hydrogen) atoms. The monoisotopic (exact) mass is 365 g/mol. The number of nitrogens with zero attached hydrogens (tertiary/aromatic N) is 4. The fourth-order valence-electron chi connectivity index (χ4n) is 3.68. The second kappa shape index (κ2) is 7.66. The fraction of sp³-hybridized carbons (Fsp3) is 0.429. The Balaban J connectivity index is 1.30. The molecule has 3 aromatic rings. The van der Waals surface area contributed by atoms with E-state index in [2.05, 4.69) is 69.2 Å². The highest BCUT2D eigenvalue weighted by atomic mass is 16.4. The number of nitrogens with one attached hydrogen (secondary N) is 1. The third-order valence-corrected chi connectivity index (χ3v) is 5.40. The Labute approximate surface area is 160 Å². The van der Waals surface area contributed by atoms with E-state index in [1.165, 1.54) is 16.8 Å². The molecule has 0 spiro atoms. The second-order valence-electron chi connectivity index (χ2n) is 7.46. The van der Waals surface area contributed by atoms with Crippen molar-refractivity contribution in [3.8, 4) is 11.6 Å². The normalized spacial score (nSPS) is 15.7. The van der Waals surface area contributed by atoms with Crippen molar-refractivity contribution in [2.24, 2.45) is 7.05 Å². The van der Waals surface area contributed by atoms with E-state index in [-0.39, 0.29) is 0 Å². The molecule has 1 aliphatic heterocycles. The summed E-state index contributed by atoms with van der Waals surface area (Å²) >= 11 is 0. The van der Waals surface area contributed by atoms with E-state index in [0.29, 0.717) is 24.4 Å². The molecular weight excluding hydrogens is 338 g/mol. The first-order chi connectivity index (χ1) is 13.1. The maximum Gasteiger partial charge on any atom is 0.264 e. The van der Waals surface area contributed by atoms with Gasteiger partial charge in [0.2, 0.25) is 5.89 Å². The number of fused-ring (bicyclic) bond motifs is 1. The summed E-state index contributed by atoms with van der Waals surface area (Å²) in [5.41, 5.74) is 5.06. The van der Waals surface area contributed by atoms with Gasteiger partial charge < -0.3 is 14.3 Å². The summed E-state index contributed by atoms with van der Waals surface area (Å²) in [6.07, 6.45) is 1.13. The minimum absolute atomic E-state index is 0.350. The lowest BCUT2D eigenvalue weighted by atomic mass is 10.00. The van der Waals surface area contributed by atoms with Crippen LogP contribution in [0.5, 0.6) is 0 Å². The Kier molecular flexibility index (Phi) is 5.09. The lowest BCUT2D eigenvalue weighted by molar-refractivity contribution is 0.227. The summed E-state index contributed by atoms with van der Waals surface area (Å²) < 4.78 is 7.89. The van der Waals surface area contributed by atoms with Crippen LogP contribution in [0.15, 0.2) is 40.8 Å². The zero-order chi connectivity index (χ0) is 18.8. The number of aryl methyl sites for hydroxylation is 1. The van der Waals surface area contributed by atoms with Gasteiger partial charge in [0.1, 0.15) is 5.69 Å². The molecule has 3 heterocycles. The summed E-state index contributed by atoms with van der Waals surface area (Å²) in [5, 5.41) is 11.9. The minimum atomic E-state index is 0.350. The topological polar surface area (TPSA) is 59.1 Å². The molecule has 0 fully saturated rings. The Morgan fingerprint density at radius 2 is 1.96 bits per heavy atom. The lowest BCUT2D eigenvalue weighted by Crippen LogP contribution is -2.41. The summed E-state index contributed by atoms with van der Waals surface area (Å²) in [5.74, 6) is 1.20. The van der Waals surface area contributed by atoms with E-state index in [0.717, 1.165) is 31.7 Å². The highest BCUT2D eigenvalue weighted by molar-refractivity contribution is 5.48. The molecule has 1 aromatic carbocycles. The van der Waals surface area contributed by atoms with Gasteiger partial charge in [0.05, 0.1) is 6.54 Å². The van der Waals surface area contributed by atoms with E-state index in [9.17, 15) is 0 Å². The van der Waals surface area contributed by atoms with E-state index >= 15 is 0 Å². The number of benzene rings is 1. The Morgan fingerprint density at radius 3 is 2.74 bits per heavy atom. The van der Waals surface area contributed by atoms with Crippen molar-refractivity contribution in [1.29, 1.82) is 0 Å². The van der Waals surface area contributed by atoms with Gasteiger partial charge in [0, 0.05) is 38.4 Å². The summed E-state index contributed by atoms with van der Waals surface area (Å²) in [7, 11) is 2.01. The van der Waals surface area contributed by atoms with Gasteiger partial charge >= 0.3 is 0 Å². The van der Waals surface area contributed by atoms with Crippen LogP contribution in [0.3, 0.4) is 0 Å². The molecule has 0 amide bonds. The van der Waals surface area contributed by atoms with E-state index < -0.39 is 0 Å². The minimum Gasteiger partial charge on any atom is -0.418 e. The number of aromatic nitrogens is 3. The van der Waals surface area contributed by atoms with Gasteiger partial charge in [-0.25, -0.2) is 0 Å². The predicted octanol–water partition coefficient (Wildman–Crippen LogP) is 2.92. The summed E-state index contributed by atoms with van der Waals surface area (Å²) in [6, 6.07) is 13.2. The van der Waals surface area contributed by atoms with Crippen LogP contribution in [0.4, 0.5) is 0 Å². The molecule has 6 nitrogen and oxygen atoms in total. The van der Waals surface area contributed by atoms with Crippen molar-refractivity contribution < 1.29 is 4.42 Å². The van der Waals surface area contributed by atoms with Crippen LogP contribution < -0.4 is 5.32 Å².